The molecule has 6 heteroatoms. The fraction of sp³-hybridized carbons (Fsp3) is 0.500. The molecule has 0 aliphatic carbocycles. The number of fused-ring (bicyclic) bond motifs is 1. The molecule has 0 saturated carbocycles. The van der Waals surface area contributed by atoms with Crippen LogP contribution < -0.4 is 0 Å². The molecule has 2 aromatic rings. The summed E-state index contributed by atoms with van der Waals surface area (Å²) < 4.78 is 16.3. The second-order valence-electron chi connectivity index (χ2n) is 6.24. The summed E-state index contributed by atoms with van der Waals surface area (Å²) in [6.45, 7) is 7.73. The highest BCUT2D eigenvalue weighted by molar-refractivity contribution is 9.10. The first-order chi connectivity index (χ1) is 10.5. The van der Waals surface area contributed by atoms with Crippen LogP contribution in [0.5, 0.6) is 0 Å². The Bertz CT molecular complexity index is 668. The average molecular weight is 367 g/mol. The molecule has 1 aliphatic heterocycles. The average Bonchev–Trinajstić information content (AvgIpc) is 2.85. The first kappa shape index (κ1) is 15.6. The van der Waals surface area contributed by atoms with Gasteiger partial charge in [-0.2, -0.15) is 0 Å². The summed E-state index contributed by atoms with van der Waals surface area (Å²) in [6.07, 6.45) is 0.963. The Balaban J connectivity index is 1.69. The van der Waals surface area contributed by atoms with Crippen molar-refractivity contribution in [2.45, 2.75) is 39.9 Å². The zero-order valence-electron chi connectivity index (χ0n) is 12.9. The summed E-state index contributed by atoms with van der Waals surface area (Å²) in [6, 6.07) is 5.31. The highest BCUT2D eigenvalue weighted by atomic mass is 79.9. The van der Waals surface area contributed by atoms with Gasteiger partial charge in [0, 0.05) is 26.1 Å². The van der Waals surface area contributed by atoms with E-state index in [9.17, 15) is 4.39 Å². The van der Waals surface area contributed by atoms with Gasteiger partial charge in [0.25, 0.3) is 0 Å². The number of aromatic nitrogens is 3. The van der Waals surface area contributed by atoms with Crippen LogP contribution in [0.25, 0.3) is 0 Å². The van der Waals surface area contributed by atoms with Crippen LogP contribution in [0.3, 0.4) is 0 Å². The van der Waals surface area contributed by atoms with Crippen LogP contribution in [0, 0.1) is 11.7 Å². The van der Waals surface area contributed by atoms with Crippen molar-refractivity contribution in [3.63, 3.8) is 0 Å². The summed E-state index contributed by atoms with van der Waals surface area (Å²) in [7, 11) is 0. The van der Waals surface area contributed by atoms with Gasteiger partial charge in [0.1, 0.15) is 17.5 Å². The minimum absolute atomic E-state index is 0.211. The highest BCUT2D eigenvalue weighted by Gasteiger charge is 2.21. The largest absolute Gasteiger partial charge is 0.313 e. The van der Waals surface area contributed by atoms with E-state index in [-0.39, 0.29) is 5.82 Å². The molecule has 0 N–H and O–H groups in total. The maximum atomic E-state index is 13.6. The molecule has 1 aliphatic rings. The molecule has 1 aromatic heterocycles. The van der Waals surface area contributed by atoms with E-state index < -0.39 is 0 Å². The van der Waals surface area contributed by atoms with Gasteiger partial charge in [-0.05, 0) is 39.5 Å². The maximum absolute atomic E-state index is 13.6. The molecule has 3 rings (SSSR count). The van der Waals surface area contributed by atoms with Crippen LogP contribution in [-0.2, 0) is 26.1 Å². The normalized spacial score (nSPS) is 15.3. The summed E-state index contributed by atoms with van der Waals surface area (Å²) in [5.41, 5.74) is 0.982. The van der Waals surface area contributed by atoms with Crippen molar-refractivity contribution in [3.8, 4) is 0 Å². The molecule has 0 amide bonds. The zero-order chi connectivity index (χ0) is 15.7. The predicted octanol–water partition coefficient (Wildman–Crippen LogP) is 3.39. The number of rotatable bonds is 4. The van der Waals surface area contributed by atoms with Crippen molar-refractivity contribution < 1.29 is 4.39 Å². The van der Waals surface area contributed by atoms with E-state index in [4.69, 9.17) is 0 Å². The Morgan fingerprint density at radius 1 is 1.27 bits per heavy atom. The maximum Gasteiger partial charge on any atom is 0.147 e. The van der Waals surface area contributed by atoms with Crippen LogP contribution in [0.15, 0.2) is 22.7 Å². The van der Waals surface area contributed by atoms with Gasteiger partial charge in [-0.25, -0.2) is 4.39 Å². The molecular weight excluding hydrogens is 347 g/mol. The summed E-state index contributed by atoms with van der Waals surface area (Å²) >= 11 is 3.19. The standard InChI is InChI=1S/C16H20BrFN4/c1-11(2)7-15-19-20-16-10-21(5-6-22(15)16)9-12-3-4-13(17)14(18)8-12/h3-4,8,11H,5-7,9-10H2,1-2H3. The van der Waals surface area contributed by atoms with Gasteiger partial charge in [-0.3, -0.25) is 4.90 Å². The van der Waals surface area contributed by atoms with Crippen molar-refractivity contribution >= 4 is 15.9 Å². The van der Waals surface area contributed by atoms with Crippen molar-refractivity contribution in [1.82, 2.24) is 19.7 Å². The molecule has 0 radical (unpaired) electrons. The second-order valence-corrected chi connectivity index (χ2v) is 7.10. The molecule has 22 heavy (non-hydrogen) atoms. The Kier molecular flexibility index (Phi) is 4.59. The van der Waals surface area contributed by atoms with Crippen molar-refractivity contribution in [1.29, 1.82) is 0 Å². The van der Waals surface area contributed by atoms with E-state index in [1.54, 1.807) is 12.1 Å². The lowest BCUT2D eigenvalue weighted by Gasteiger charge is -2.28. The molecule has 4 nitrogen and oxygen atoms in total. The SMILES string of the molecule is CC(C)Cc1nnc2n1CCN(Cc1ccc(Br)c(F)c1)C2. The number of halogens is 2. The molecule has 0 bridgehead atoms. The predicted molar refractivity (Wildman–Crippen MR) is 86.8 cm³/mol. The smallest absolute Gasteiger partial charge is 0.147 e. The third-order valence-electron chi connectivity index (χ3n) is 3.89. The van der Waals surface area contributed by atoms with Crippen LogP contribution in [-0.4, -0.2) is 26.2 Å². The van der Waals surface area contributed by atoms with Gasteiger partial charge >= 0.3 is 0 Å². The third-order valence-corrected chi connectivity index (χ3v) is 4.53. The minimum atomic E-state index is -0.211. The lowest BCUT2D eigenvalue weighted by molar-refractivity contribution is 0.206. The molecular formula is C16H20BrFN4. The van der Waals surface area contributed by atoms with E-state index in [0.717, 1.165) is 49.8 Å². The molecule has 0 atom stereocenters. The van der Waals surface area contributed by atoms with Gasteiger partial charge in [0.15, 0.2) is 0 Å². The zero-order valence-corrected chi connectivity index (χ0v) is 14.5. The van der Waals surface area contributed by atoms with Crippen LogP contribution in [0.2, 0.25) is 0 Å². The Morgan fingerprint density at radius 3 is 2.82 bits per heavy atom. The highest BCUT2D eigenvalue weighted by Crippen LogP contribution is 2.20. The monoisotopic (exact) mass is 366 g/mol. The summed E-state index contributed by atoms with van der Waals surface area (Å²) in [4.78, 5) is 2.28. The molecule has 0 unspecified atom stereocenters. The molecule has 118 valence electrons. The summed E-state index contributed by atoms with van der Waals surface area (Å²) in [5.74, 6) is 2.47. The fourth-order valence-corrected chi connectivity index (χ4v) is 3.06. The van der Waals surface area contributed by atoms with Crippen LogP contribution in [0.4, 0.5) is 4.39 Å². The van der Waals surface area contributed by atoms with Gasteiger partial charge in [0.2, 0.25) is 0 Å². The van der Waals surface area contributed by atoms with E-state index in [1.165, 1.54) is 0 Å². The fourth-order valence-electron chi connectivity index (χ4n) is 2.82. The van der Waals surface area contributed by atoms with Crippen molar-refractivity contribution in [3.05, 3.63) is 45.7 Å². The Labute approximate surface area is 138 Å². The molecule has 0 spiro atoms. The van der Waals surface area contributed by atoms with Crippen LogP contribution in [0.1, 0.15) is 31.1 Å². The number of hydrogen-bond donors (Lipinski definition) is 0. The van der Waals surface area contributed by atoms with E-state index in [2.05, 4.69) is 49.4 Å². The van der Waals surface area contributed by atoms with E-state index >= 15 is 0 Å². The number of hydrogen-bond acceptors (Lipinski definition) is 3. The molecule has 0 saturated heterocycles. The molecule has 0 fully saturated rings. The first-order valence-electron chi connectivity index (χ1n) is 7.60. The van der Waals surface area contributed by atoms with Gasteiger partial charge < -0.3 is 4.57 Å². The molecule has 1 aromatic carbocycles. The summed E-state index contributed by atoms with van der Waals surface area (Å²) in [5, 5.41) is 8.65. The topological polar surface area (TPSA) is 34.0 Å². The minimum Gasteiger partial charge on any atom is -0.313 e. The quantitative estimate of drug-likeness (QED) is 0.831. The second kappa shape index (κ2) is 6.46. The van der Waals surface area contributed by atoms with Gasteiger partial charge in [-0.1, -0.05) is 19.9 Å². The van der Waals surface area contributed by atoms with Crippen molar-refractivity contribution in [2.24, 2.45) is 5.92 Å². The number of nitrogens with zero attached hydrogens (tertiary/aromatic N) is 4. The van der Waals surface area contributed by atoms with Crippen LogP contribution >= 0.6 is 15.9 Å². The first-order valence-corrected chi connectivity index (χ1v) is 8.39. The number of benzene rings is 1. The van der Waals surface area contributed by atoms with Gasteiger partial charge in [-0.15, -0.1) is 10.2 Å². The van der Waals surface area contributed by atoms with E-state index in [1.807, 2.05) is 6.07 Å². The Hall–Kier alpha value is -1.27. The van der Waals surface area contributed by atoms with Gasteiger partial charge in [0.05, 0.1) is 11.0 Å². The Morgan fingerprint density at radius 2 is 2.09 bits per heavy atom. The van der Waals surface area contributed by atoms with E-state index in [0.29, 0.717) is 10.4 Å². The lowest BCUT2D eigenvalue weighted by atomic mass is 10.1. The van der Waals surface area contributed by atoms with Crippen molar-refractivity contribution in [2.75, 3.05) is 6.54 Å². The molecule has 2 heterocycles. The third kappa shape index (κ3) is 3.38. The lowest BCUT2D eigenvalue weighted by Crippen LogP contribution is -2.34.